The number of amides is 2. The van der Waals surface area contributed by atoms with Crippen LogP contribution in [0.1, 0.15) is 68.6 Å². The first-order valence-electron chi connectivity index (χ1n) is 11.0. The number of benzene rings is 1. The molecule has 0 spiro atoms. The molecule has 1 heterocycles. The lowest BCUT2D eigenvalue weighted by Crippen LogP contribution is -2.38. The van der Waals surface area contributed by atoms with Gasteiger partial charge < -0.3 is 19.3 Å². The van der Waals surface area contributed by atoms with Crippen LogP contribution in [-0.4, -0.2) is 61.0 Å². The summed E-state index contributed by atoms with van der Waals surface area (Å²) in [6, 6.07) is 5.57. The number of ether oxygens (including phenoxy) is 2. The van der Waals surface area contributed by atoms with Gasteiger partial charge in [0.15, 0.2) is 18.1 Å². The molecule has 29 heavy (non-hydrogen) atoms. The fraction of sp³-hybridized carbons (Fsp3) is 0.652. The first-order chi connectivity index (χ1) is 14.1. The van der Waals surface area contributed by atoms with Crippen LogP contribution in [0.3, 0.4) is 0 Å². The molecule has 2 fully saturated rings. The topological polar surface area (TPSA) is 59.1 Å². The van der Waals surface area contributed by atoms with Crippen LogP contribution >= 0.6 is 0 Å². The molecule has 2 aliphatic rings. The normalized spacial score (nSPS) is 17.7. The van der Waals surface area contributed by atoms with Gasteiger partial charge in [-0.25, -0.2) is 0 Å². The van der Waals surface area contributed by atoms with Gasteiger partial charge in [0, 0.05) is 31.7 Å². The van der Waals surface area contributed by atoms with Crippen LogP contribution in [-0.2, 0) is 4.79 Å². The Bertz CT molecular complexity index is 694. The van der Waals surface area contributed by atoms with E-state index in [0.29, 0.717) is 29.7 Å². The van der Waals surface area contributed by atoms with Crippen LogP contribution in [0, 0.1) is 0 Å². The van der Waals surface area contributed by atoms with Crippen molar-refractivity contribution in [3.05, 3.63) is 23.8 Å². The van der Waals surface area contributed by atoms with Gasteiger partial charge in [0.25, 0.3) is 11.8 Å². The van der Waals surface area contributed by atoms with Crippen LogP contribution in [0.4, 0.5) is 0 Å². The van der Waals surface area contributed by atoms with Crippen molar-refractivity contribution in [1.82, 2.24) is 9.80 Å². The van der Waals surface area contributed by atoms with Crippen molar-refractivity contribution in [3.63, 3.8) is 0 Å². The van der Waals surface area contributed by atoms with E-state index >= 15 is 0 Å². The lowest BCUT2D eigenvalue weighted by atomic mass is 9.94. The lowest BCUT2D eigenvalue weighted by molar-refractivity contribution is -0.134. The number of hydrogen-bond donors (Lipinski definition) is 0. The van der Waals surface area contributed by atoms with Gasteiger partial charge in [-0.2, -0.15) is 0 Å². The second kappa shape index (κ2) is 10.5. The summed E-state index contributed by atoms with van der Waals surface area (Å²) in [5.74, 6) is 1.04. The van der Waals surface area contributed by atoms with Gasteiger partial charge in [-0.05, 0) is 57.2 Å². The van der Waals surface area contributed by atoms with E-state index in [9.17, 15) is 9.59 Å². The number of rotatable bonds is 7. The average molecular weight is 403 g/mol. The highest BCUT2D eigenvalue weighted by Gasteiger charge is 2.24. The van der Waals surface area contributed by atoms with E-state index < -0.39 is 0 Å². The van der Waals surface area contributed by atoms with E-state index in [4.69, 9.17) is 9.47 Å². The minimum Gasteiger partial charge on any atom is -0.490 e. The molecule has 3 rings (SSSR count). The molecular weight excluding hydrogens is 368 g/mol. The first-order valence-corrected chi connectivity index (χ1v) is 11.0. The van der Waals surface area contributed by atoms with Crippen LogP contribution in [0.5, 0.6) is 11.5 Å². The predicted octanol–water partition coefficient (Wildman–Crippen LogP) is 3.88. The largest absolute Gasteiger partial charge is 0.490 e. The van der Waals surface area contributed by atoms with Gasteiger partial charge in [-0.15, -0.1) is 0 Å². The summed E-state index contributed by atoms with van der Waals surface area (Å²) in [6.45, 7) is 3.97. The standard InChI is InChI=1S/C23H34N2O4/c1-3-28-21-16-18(23(27)24(2)19-10-6-4-7-11-19)12-13-20(21)29-17-22(26)25-14-8-5-9-15-25/h12-13,16,19H,3-11,14-15,17H2,1-2H3. The van der Waals surface area contributed by atoms with Crippen molar-refractivity contribution in [1.29, 1.82) is 0 Å². The highest BCUT2D eigenvalue weighted by atomic mass is 16.5. The third-order valence-electron chi connectivity index (χ3n) is 5.99. The SMILES string of the molecule is CCOc1cc(C(=O)N(C)C2CCCCC2)ccc1OCC(=O)N1CCCCC1. The Kier molecular flexibility index (Phi) is 7.78. The van der Waals surface area contributed by atoms with Gasteiger partial charge in [0.1, 0.15) is 0 Å². The smallest absolute Gasteiger partial charge is 0.260 e. The molecule has 0 N–H and O–H groups in total. The van der Waals surface area contributed by atoms with Gasteiger partial charge in [0.2, 0.25) is 0 Å². The highest BCUT2D eigenvalue weighted by molar-refractivity contribution is 5.95. The summed E-state index contributed by atoms with van der Waals surface area (Å²) in [5, 5.41) is 0. The van der Waals surface area contributed by atoms with Crippen LogP contribution in [0.15, 0.2) is 18.2 Å². The molecule has 0 atom stereocenters. The monoisotopic (exact) mass is 402 g/mol. The molecule has 1 aliphatic heterocycles. The Morgan fingerprint density at radius 3 is 2.38 bits per heavy atom. The first kappa shape index (κ1) is 21.5. The predicted molar refractivity (Wildman–Crippen MR) is 113 cm³/mol. The van der Waals surface area contributed by atoms with Crippen LogP contribution < -0.4 is 9.47 Å². The summed E-state index contributed by atoms with van der Waals surface area (Å²) in [7, 11) is 1.89. The lowest BCUT2D eigenvalue weighted by Gasteiger charge is -2.31. The minimum absolute atomic E-state index is 0.00401. The number of likely N-dealkylation sites (tertiary alicyclic amines) is 1. The molecule has 0 radical (unpaired) electrons. The summed E-state index contributed by atoms with van der Waals surface area (Å²) >= 11 is 0. The fourth-order valence-electron chi connectivity index (χ4n) is 4.24. The molecule has 1 saturated carbocycles. The molecule has 1 aromatic carbocycles. The molecule has 1 aliphatic carbocycles. The highest BCUT2D eigenvalue weighted by Crippen LogP contribution is 2.30. The zero-order valence-electron chi connectivity index (χ0n) is 17.8. The number of hydrogen-bond acceptors (Lipinski definition) is 4. The second-order valence-electron chi connectivity index (χ2n) is 8.03. The van der Waals surface area contributed by atoms with E-state index in [-0.39, 0.29) is 18.4 Å². The Morgan fingerprint density at radius 1 is 1.00 bits per heavy atom. The number of piperidine rings is 1. The molecule has 6 nitrogen and oxygen atoms in total. The maximum absolute atomic E-state index is 13.0. The van der Waals surface area contributed by atoms with Crippen molar-refractivity contribution >= 4 is 11.8 Å². The van der Waals surface area contributed by atoms with Gasteiger partial charge in [0.05, 0.1) is 6.61 Å². The summed E-state index contributed by atoms with van der Waals surface area (Å²) in [5.41, 5.74) is 0.594. The van der Waals surface area contributed by atoms with Gasteiger partial charge in [-0.1, -0.05) is 19.3 Å². The third-order valence-corrected chi connectivity index (χ3v) is 5.99. The fourth-order valence-corrected chi connectivity index (χ4v) is 4.24. The van der Waals surface area contributed by atoms with Gasteiger partial charge in [-0.3, -0.25) is 9.59 Å². The Morgan fingerprint density at radius 2 is 1.69 bits per heavy atom. The molecule has 6 heteroatoms. The molecular formula is C23H34N2O4. The van der Waals surface area contributed by atoms with Crippen molar-refractivity contribution in [2.45, 2.75) is 64.3 Å². The van der Waals surface area contributed by atoms with E-state index in [2.05, 4.69) is 0 Å². The number of nitrogens with zero attached hydrogens (tertiary/aromatic N) is 2. The second-order valence-corrected chi connectivity index (χ2v) is 8.03. The quantitative estimate of drug-likeness (QED) is 0.694. The summed E-state index contributed by atoms with van der Waals surface area (Å²) < 4.78 is 11.5. The van der Waals surface area contributed by atoms with E-state index in [0.717, 1.165) is 38.8 Å². The molecule has 2 amide bonds. The Balaban J connectivity index is 1.65. The molecule has 1 saturated heterocycles. The van der Waals surface area contributed by atoms with E-state index in [1.807, 2.05) is 23.8 Å². The molecule has 1 aromatic rings. The van der Waals surface area contributed by atoms with Gasteiger partial charge >= 0.3 is 0 Å². The molecule has 0 aromatic heterocycles. The average Bonchev–Trinajstić information content (AvgIpc) is 2.78. The Labute approximate surface area is 174 Å². The van der Waals surface area contributed by atoms with E-state index in [1.54, 1.807) is 18.2 Å². The number of carbonyl (C=O) groups is 2. The maximum atomic E-state index is 13.0. The molecule has 160 valence electrons. The molecule has 0 bridgehead atoms. The van der Waals surface area contributed by atoms with Crippen molar-refractivity contribution in [2.24, 2.45) is 0 Å². The third kappa shape index (κ3) is 5.64. The number of carbonyl (C=O) groups excluding carboxylic acids is 2. The summed E-state index contributed by atoms with van der Waals surface area (Å²) in [4.78, 5) is 29.1. The van der Waals surface area contributed by atoms with E-state index in [1.165, 1.54) is 25.7 Å². The maximum Gasteiger partial charge on any atom is 0.260 e. The zero-order valence-corrected chi connectivity index (χ0v) is 17.8. The summed E-state index contributed by atoms with van der Waals surface area (Å²) in [6.07, 6.45) is 9.07. The van der Waals surface area contributed by atoms with Crippen molar-refractivity contribution in [2.75, 3.05) is 33.4 Å². The van der Waals surface area contributed by atoms with Crippen LogP contribution in [0.25, 0.3) is 0 Å². The van der Waals surface area contributed by atoms with Crippen molar-refractivity contribution in [3.8, 4) is 11.5 Å². The van der Waals surface area contributed by atoms with Crippen molar-refractivity contribution < 1.29 is 19.1 Å². The minimum atomic E-state index is -0.00462. The molecule has 0 unspecified atom stereocenters. The Hall–Kier alpha value is -2.24. The van der Waals surface area contributed by atoms with Crippen LogP contribution in [0.2, 0.25) is 0 Å². The zero-order chi connectivity index (χ0) is 20.6.